The van der Waals surface area contributed by atoms with Crippen molar-refractivity contribution < 1.29 is 34.3 Å². The fourth-order valence-electron chi connectivity index (χ4n) is 5.61. The van der Waals surface area contributed by atoms with E-state index >= 15 is 4.39 Å². The summed E-state index contributed by atoms with van der Waals surface area (Å²) in [6, 6.07) is 3.87. The molecule has 2 aromatic rings. The maximum absolute atomic E-state index is 15.1. The number of aromatic nitrogens is 2. The van der Waals surface area contributed by atoms with E-state index in [1.807, 2.05) is 9.80 Å². The Morgan fingerprint density at radius 3 is 2.36 bits per heavy atom. The molecule has 0 saturated carbocycles. The third kappa shape index (κ3) is 8.79. The van der Waals surface area contributed by atoms with Crippen LogP contribution in [-0.2, 0) is 4.79 Å². The Hall–Kier alpha value is -2.45. The topological polar surface area (TPSA) is 143 Å². The summed E-state index contributed by atoms with van der Waals surface area (Å²) in [6.07, 6.45) is 3.82. The van der Waals surface area contributed by atoms with Crippen molar-refractivity contribution in [3.8, 4) is 5.75 Å². The van der Waals surface area contributed by atoms with Crippen LogP contribution in [0.1, 0.15) is 37.3 Å². The smallest absolute Gasteiger partial charge is 0.225 e. The number of benzene rings is 1. The molecular weight excluding hydrogens is 569 g/mol. The summed E-state index contributed by atoms with van der Waals surface area (Å²) >= 11 is 5.88. The maximum Gasteiger partial charge on any atom is 0.225 e. The number of hydrogen-bond acceptors (Lipinski definition) is 11. The molecular formula is C29H41ClFN5O6. The predicted octanol–water partition coefficient (Wildman–Crippen LogP) is 1.28. The van der Waals surface area contributed by atoms with Gasteiger partial charge in [-0.1, -0.05) is 17.7 Å². The molecule has 232 valence electrons. The second-order valence-corrected chi connectivity index (χ2v) is 11.5. The van der Waals surface area contributed by atoms with Gasteiger partial charge in [-0.25, -0.2) is 14.4 Å². The minimum atomic E-state index is -1.46. The van der Waals surface area contributed by atoms with E-state index in [4.69, 9.17) is 21.4 Å². The zero-order valence-corrected chi connectivity index (χ0v) is 24.4. The Bertz CT molecular complexity index is 1120. The van der Waals surface area contributed by atoms with Gasteiger partial charge in [0.05, 0.1) is 42.8 Å². The molecule has 0 radical (unpaired) electrons. The number of aliphatic hydroxyl groups is 4. The van der Waals surface area contributed by atoms with Crippen LogP contribution < -0.4 is 9.64 Å². The second kappa shape index (κ2) is 15.9. The van der Waals surface area contributed by atoms with Crippen molar-refractivity contribution in [2.45, 2.75) is 50.0 Å². The number of piperazine rings is 1. The van der Waals surface area contributed by atoms with Crippen molar-refractivity contribution in [2.24, 2.45) is 5.92 Å². The average molecular weight is 610 g/mol. The normalized spacial score (nSPS) is 20.2. The van der Waals surface area contributed by atoms with E-state index in [-0.39, 0.29) is 12.1 Å². The molecule has 11 nitrogen and oxygen atoms in total. The average Bonchev–Trinajstić information content (AvgIpc) is 3.01. The fourth-order valence-corrected chi connectivity index (χ4v) is 5.70. The van der Waals surface area contributed by atoms with E-state index in [1.54, 1.807) is 24.5 Å². The quantitative estimate of drug-likeness (QED) is 0.182. The predicted molar refractivity (Wildman–Crippen MR) is 155 cm³/mol. The molecule has 42 heavy (non-hydrogen) atoms. The third-order valence-electron chi connectivity index (χ3n) is 8.17. The Morgan fingerprint density at radius 1 is 1.05 bits per heavy atom. The SMILES string of the molecule is O=CC(c1ccc(OCCCC2CCN(c3ncc(Cl)cn3)CC2)cc1F)N1CCN(C[C@H](O)[C@H](O)[C@H](O)CO)CC1. The monoisotopic (exact) mass is 609 g/mol. The highest BCUT2D eigenvalue weighted by Gasteiger charge is 2.30. The molecule has 1 aromatic heterocycles. The van der Waals surface area contributed by atoms with E-state index in [9.17, 15) is 20.1 Å². The van der Waals surface area contributed by atoms with Crippen LogP contribution >= 0.6 is 11.6 Å². The van der Waals surface area contributed by atoms with Crippen LogP contribution in [0.15, 0.2) is 30.6 Å². The Kier molecular flexibility index (Phi) is 12.3. The zero-order chi connectivity index (χ0) is 30.1. The molecule has 4 rings (SSSR count). The minimum Gasteiger partial charge on any atom is -0.493 e. The minimum absolute atomic E-state index is 0.107. The van der Waals surface area contributed by atoms with Crippen molar-refractivity contribution in [3.05, 3.63) is 47.0 Å². The first-order chi connectivity index (χ1) is 20.3. The molecule has 0 spiro atoms. The van der Waals surface area contributed by atoms with E-state index in [2.05, 4.69) is 14.9 Å². The third-order valence-corrected chi connectivity index (χ3v) is 8.37. The molecule has 0 amide bonds. The number of halogens is 2. The van der Waals surface area contributed by atoms with E-state index in [0.29, 0.717) is 55.4 Å². The largest absolute Gasteiger partial charge is 0.493 e. The lowest BCUT2D eigenvalue weighted by molar-refractivity contribution is -0.114. The molecule has 1 aromatic carbocycles. The number of hydrogen-bond donors (Lipinski definition) is 4. The lowest BCUT2D eigenvalue weighted by atomic mass is 9.92. The van der Waals surface area contributed by atoms with Gasteiger partial charge in [-0.3, -0.25) is 9.80 Å². The van der Waals surface area contributed by atoms with Gasteiger partial charge in [0.25, 0.3) is 0 Å². The number of piperidine rings is 1. The maximum atomic E-state index is 15.1. The molecule has 2 aliphatic rings. The van der Waals surface area contributed by atoms with Crippen LogP contribution in [0.25, 0.3) is 0 Å². The van der Waals surface area contributed by atoms with Crippen LogP contribution in [0.2, 0.25) is 5.02 Å². The summed E-state index contributed by atoms with van der Waals surface area (Å²) in [5.74, 6) is 1.22. The van der Waals surface area contributed by atoms with Crippen LogP contribution in [0, 0.1) is 11.7 Å². The Morgan fingerprint density at radius 2 is 1.74 bits per heavy atom. The molecule has 4 N–H and O–H groups in total. The molecule has 2 fully saturated rings. The summed E-state index contributed by atoms with van der Waals surface area (Å²) in [5.41, 5.74) is 0.281. The Labute approximate surface area is 250 Å². The molecule has 2 aliphatic heterocycles. The molecule has 1 unspecified atom stereocenters. The first-order valence-electron chi connectivity index (χ1n) is 14.5. The van der Waals surface area contributed by atoms with Crippen molar-refractivity contribution in [2.75, 3.05) is 63.9 Å². The molecule has 4 atom stereocenters. The van der Waals surface area contributed by atoms with Gasteiger partial charge in [0.2, 0.25) is 5.95 Å². The highest BCUT2D eigenvalue weighted by atomic mass is 35.5. The van der Waals surface area contributed by atoms with Crippen LogP contribution in [0.3, 0.4) is 0 Å². The van der Waals surface area contributed by atoms with Gasteiger partial charge in [0.15, 0.2) is 0 Å². The van der Waals surface area contributed by atoms with E-state index in [1.165, 1.54) is 6.07 Å². The summed E-state index contributed by atoms with van der Waals surface area (Å²) in [4.78, 5) is 26.5. The number of aliphatic hydroxyl groups excluding tert-OH is 4. The molecule has 13 heteroatoms. The van der Waals surface area contributed by atoms with E-state index < -0.39 is 36.8 Å². The van der Waals surface area contributed by atoms with E-state index in [0.717, 1.165) is 45.1 Å². The van der Waals surface area contributed by atoms with Gasteiger partial charge in [0, 0.05) is 57.4 Å². The summed E-state index contributed by atoms with van der Waals surface area (Å²) < 4.78 is 20.9. The summed E-state index contributed by atoms with van der Waals surface area (Å²) in [7, 11) is 0. The van der Waals surface area contributed by atoms with Crippen LogP contribution in [0.5, 0.6) is 5.75 Å². The van der Waals surface area contributed by atoms with Crippen LogP contribution in [-0.4, -0.2) is 124 Å². The van der Waals surface area contributed by atoms with Gasteiger partial charge in [-0.15, -0.1) is 0 Å². The number of carbonyl (C=O) groups excluding carboxylic acids is 1. The van der Waals surface area contributed by atoms with Crippen molar-refractivity contribution in [1.82, 2.24) is 19.8 Å². The molecule has 0 aliphatic carbocycles. The number of β-amino-alcohol motifs (C(OH)–C–C–N with tert-alkyl or cyclic N) is 1. The lowest BCUT2D eigenvalue weighted by Crippen LogP contribution is -2.52. The second-order valence-electron chi connectivity index (χ2n) is 11.0. The molecule has 3 heterocycles. The van der Waals surface area contributed by atoms with Gasteiger partial charge < -0.3 is 34.9 Å². The van der Waals surface area contributed by atoms with Crippen molar-refractivity contribution >= 4 is 23.8 Å². The van der Waals surface area contributed by atoms with Gasteiger partial charge in [0.1, 0.15) is 30.1 Å². The van der Waals surface area contributed by atoms with Crippen LogP contribution in [0.4, 0.5) is 10.3 Å². The molecule has 2 saturated heterocycles. The number of rotatable bonds is 14. The number of carbonyl (C=O) groups is 1. The highest BCUT2D eigenvalue weighted by molar-refractivity contribution is 6.30. The lowest BCUT2D eigenvalue weighted by Gasteiger charge is -2.38. The number of ether oxygens (including phenoxy) is 1. The van der Waals surface area contributed by atoms with Gasteiger partial charge in [-0.2, -0.15) is 0 Å². The summed E-state index contributed by atoms with van der Waals surface area (Å²) in [5, 5.41) is 39.0. The number of aldehydes is 1. The van der Waals surface area contributed by atoms with Crippen molar-refractivity contribution in [1.29, 1.82) is 0 Å². The number of anilines is 1. The first-order valence-corrected chi connectivity index (χ1v) is 14.9. The summed E-state index contributed by atoms with van der Waals surface area (Å²) in [6.45, 7) is 3.62. The standard InChI is InChI=1S/C29H41ClFN5O6/c30-21-15-32-29(33-16-21)36-7-5-20(6-8-36)2-1-13-42-22-3-4-23(24(31)14-22)25(18-37)35-11-9-34(10-12-35)17-26(39)28(41)27(40)19-38/h3-4,14-16,18,20,25-28,38-41H,1-2,5-13,17,19H2/t25?,26-,27+,28-/m0/s1. The molecule has 0 bridgehead atoms. The zero-order valence-electron chi connectivity index (χ0n) is 23.6. The Balaban J connectivity index is 1.18. The first kappa shape index (κ1) is 32.5. The van der Waals surface area contributed by atoms with Gasteiger partial charge >= 0.3 is 0 Å². The fraction of sp³-hybridized carbons (Fsp3) is 0.621. The number of nitrogens with zero attached hydrogens (tertiary/aromatic N) is 5. The van der Waals surface area contributed by atoms with Gasteiger partial charge in [-0.05, 0) is 37.7 Å². The van der Waals surface area contributed by atoms with Crippen molar-refractivity contribution in [3.63, 3.8) is 0 Å². The highest BCUT2D eigenvalue weighted by Crippen LogP contribution is 2.28.